The van der Waals surface area contributed by atoms with E-state index in [-0.39, 0.29) is 12.6 Å². The van der Waals surface area contributed by atoms with Crippen molar-refractivity contribution in [3.63, 3.8) is 0 Å². The fourth-order valence-electron chi connectivity index (χ4n) is 3.03. The molecule has 0 saturated carbocycles. The number of rotatable bonds is 4. The maximum absolute atomic E-state index is 12.0. The molecule has 0 radical (unpaired) electrons. The second-order valence-electron chi connectivity index (χ2n) is 6.33. The van der Waals surface area contributed by atoms with Gasteiger partial charge in [-0.05, 0) is 41.7 Å². The number of urea groups is 1. The van der Waals surface area contributed by atoms with Crippen molar-refractivity contribution in [1.82, 2.24) is 10.6 Å². The van der Waals surface area contributed by atoms with Gasteiger partial charge in [0.05, 0.1) is 5.60 Å². The maximum Gasteiger partial charge on any atom is 0.315 e. The number of carbonyl (C=O) groups is 1. The highest BCUT2D eigenvalue weighted by molar-refractivity contribution is 6.30. The number of hydrogen-bond acceptors (Lipinski definition) is 2. The van der Waals surface area contributed by atoms with Gasteiger partial charge in [-0.15, -0.1) is 0 Å². The molecule has 1 aliphatic carbocycles. The van der Waals surface area contributed by atoms with Crippen LogP contribution < -0.4 is 10.6 Å². The number of aryl methyl sites for hydroxylation is 1. The van der Waals surface area contributed by atoms with Gasteiger partial charge in [0.25, 0.3) is 0 Å². The SMILES string of the molecule is O=C(NCc1ccc(Cl)cc1)NC[C@]1(O)CCc2ccccc2C1. The third-order valence-electron chi connectivity index (χ3n) is 4.44. The molecule has 126 valence electrons. The van der Waals surface area contributed by atoms with Crippen LogP contribution in [0.1, 0.15) is 23.1 Å². The lowest BCUT2D eigenvalue weighted by molar-refractivity contribution is 0.0291. The van der Waals surface area contributed by atoms with Crippen LogP contribution in [-0.2, 0) is 19.4 Å². The zero-order valence-electron chi connectivity index (χ0n) is 13.4. The lowest BCUT2D eigenvalue weighted by atomic mass is 9.80. The molecule has 0 heterocycles. The molecule has 0 bridgehead atoms. The highest BCUT2D eigenvalue weighted by atomic mass is 35.5. The predicted molar refractivity (Wildman–Crippen MR) is 95.1 cm³/mol. The molecular formula is C19H21ClN2O2. The van der Waals surface area contributed by atoms with Crippen molar-refractivity contribution in [2.45, 2.75) is 31.4 Å². The largest absolute Gasteiger partial charge is 0.388 e. The summed E-state index contributed by atoms with van der Waals surface area (Å²) in [4.78, 5) is 12.0. The van der Waals surface area contributed by atoms with Crippen LogP contribution in [0.4, 0.5) is 4.79 Å². The summed E-state index contributed by atoms with van der Waals surface area (Å²) >= 11 is 5.83. The Kier molecular flexibility index (Phi) is 5.07. The third kappa shape index (κ3) is 4.28. The summed E-state index contributed by atoms with van der Waals surface area (Å²) in [5.41, 5.74) is 2.54. The van der Waals surface area contributed by atoms with Crippen LogP contribution in [0.3, 0.4) is 0 Å². The quantitative estimate of drug-likeness (QED) is 0.798. The average Bonchev–Trinajstić information content (AvgIpc) is 2.59. The summed E-state index contributed by atoms with van der Waals surface area (Å²) < 4.78 is 0. The lowest BCUT2D eigenvalue weighted by Crippen LogP contribution is -2.49. The van der Waals surface area contributed by atoms with E-state index >= 15 is 0 Å². The molecule has 1 atom stereocenters. The van der Waals surface area contributed by atoms with E-state index in [1.165, 1.54) is 5.56 Å². The number of carbonyl (C=O) groups excluding carboxylic acids is 1. The normalized spacial score (nSPS) is 19.4. The first-order valence-electron chi connectivity index (χ1n) is 8.09. The first kappa shape index (κ1) is 16.8. The average molecular weight is 345 g/mol. The Morgan fingerprint density at radius 1 is 1.08 bits per heavy atom. The van der Waals surface area contributed by atoms with Gasteiger partial charge >= 0.3 is 6.03 Å². The van der Waals surface area contributed by atoms with Crippen molar-refractivity contribution in [2.75, 3.05) is 6.54 Å². The molecular weight excluding hydrogens is 324 g/mol. The standard InChI is InChI=1S/C19H21ClN2O2/c20-17-7-5-14(6-8-17)12-21-18(23)22-13-19(24)10-9-15-3-1-2-4-16(15)11-19/h1-8,24H,9-13H2,(H2,21,22,23)/t19-/m0/s1. The summed E-state index contributed by atoms with van der Waals surface area (Å²) in [6.07, 6.45) is 2.06. The molecule has 5 heteroatoms. The van der Waals surface area contributed by atoms with Crippen LogP contribution in [-0.4, -0.2) is 23.3 Å². The van der Waals surface area contributed by atoms with E-state index in [1.807, 2.05) is 30.3 Å². The Morgan fingerprint density at radius 3 is 2.54 bits per heavy atom. The van der Waals surface area contributed by atoms with E-state index in [0.717, 1.165) is 17.5 Å². The molecule has 2 aromatic carbocycles. The van der Waals surface area contributed by atoms with Gasteiger partial charge < -0.3 is 15.7 Å². The number of halogens is 1. The minimum Gasteiger partial charge on any atom is -0.388 e. The second-order valence-corrected chi connectivity index (χ2v) is 6.77. The number of nitrogens with one attached hydrogen (secondary N) is 2. The van der Waals surface area contributed by atoms with Gasteiger partial charge in [0.1, 0.15) is 0 Å². The Balaban J connectivity index is 1.48. The Labute approximate surface area is 146 Å². The van der Waals surface area contributed by atoms with Crippen molar-refractivity contribution < 1.29 is 9.90 Å². The molecule has 3 N–H and O–H groups in total. The predicted octanol–water partition coefficient (Wildman–Crippen LogP) is 3.06. The number of fused-ring (bicyclic) bond motifs is 1. The summed E-state index contributed by atoms with van der Waals surface area (Å²) in [5.74, 6) is 0. The first-order valence-corrected chi connectivity index (χ1v) is 8.47. The molecule has 2 amide bonds. The van der Waals surface area contributed by atoms with Crippen LogP contribution >= 0.6 is 11.6 Å². The van der Waals surface area contributed by atoms with Gasteiger partial charge in [0, 0.05) is 24.5 Å². The highest BCUT2D eigenvalue weighted by Crippen LogP contribution is 2.28. The summed E-state index contributed by atoms with van der Waals surface area (Å²) in [6, 6.07) is 15.2. The Bertz CT molecular complexity index is 718. The van der Waals surface area contributed by atoms with Gasteiger partial charge in [-0.1, -0.05) is 48.0 Å². The summed E-state index contributed by atoms with van der Waals surface area (Å²) in [7, 11) is 0. The minimum atomic E-state index is -0.883. The van der Waals surface area contributed by atoms with E-state index in [4.69, 9.17) is 11.6 Å². The van der Waals surface area contributed by atoms with Crippen molar-refractivity contribution in [2.24, 2.45) is 0 Å². The third-order valence-corrected chi connectivity index (χ3v) is 4.69. The molecule has 0 spiro atoms. The van der Waals surface area contributed by atoms with Crippen molar-refractivity contribution >= 4 is 17.6 Å². The molecule has 1 aliphatic rings. The monoisotopic (exact) mass is 344 g/mol. The summed E-state index contributed by atoms with van der Waals surface area (Å²) in [6.45, 7) is 0.665. The fraction of sp³-hybridized carbons (Fsp3) is 0.316. The van der Waals surface area contributed by atoms with Crippen molar-refractivity contribution in [3.05, 3.63) is 70.2 Å². The molecule has 24 heavy (non-hydrogen) atoms. The molecule has 0 fully saturated rings. The molecule has 0 aliphatic heterocycles. The van der Waals surface area contributed by atoms with E-state index in [9.17, 15) is 9.90 Å². The topological polar surface area (TPSA) is 61.4 Å². The molecule has 2 aromatic rings. The van der Waals surface area contributed by atoms with Crippen LogP contribution in [0.5, 0.6) is 0 Å². The number of benzene rings is 2. The highest BCUT2D eigenvalue weighted by Gasteiger charge is 2.32. The summed E-state index contributed by atoms with van der Waals surface area (Å²) in [5, 5.41) is 17.0. The first-order chi connectivity index (χ1) is 11.5. The van der Waals surface area contributed by atoms with E-state index < -0.39 is 5.60 Å². The van der Waals surface area contributed by atoms with Gasteiger partial charge in [-0.2, -0.15) is 0 Å². The molecule has 0 unspecified atom stereocenters. The van der Waals surface area contributed by atoms with E-state index in [0.29, 0.717) is 24.4 Å². The van der Waals surface area contributed by atoms with E-state index in [2.05, 4.69) is 16.7 Å². The number of aliphatic hydroxyl groups is 1. The number of amides is 2. The lowest BCUT2D eigenvalue weighted by Gasteiger charge is -2.33. The molecule has 3 rings (SSSR count). The smallest absolute Gasteiger partial charge is 0.315 e. The molecule has 4 nitrogen and oxygen atoms in total. The van der Waals surface area contributed by atoms with E-state index in [1.54, 1.807) is 12.1 Å². The zero-order chi connectivity index (χ0) is 17.0. The maximum atomic E-state index is 12.0. The van der Waals surface area contributed by atoms with Crippen LogP contribution in [0.25, 0.3) is 0 Å². The van der Waals surface area contributed by atoms with Gasteiger partial charge in [0.15, 0.2) is 0 Å². The van der Waals surface area contributed by atoms with Crippen molar-refractivity contribution in [3.8, 4) is 0 Å². The number of hydrogen-bond donors (Lipinski definition) is 3. The van der Waals surface area contributed by atoms with Gasteiger partial charge in [-0.25, -0.2) is 4.79 Å². The van der Waals surface area contributed by atoms with Crippen molar-refractivity contribution in [1.29, 1.82) is 0 Å². The van der Waals surface area contributed by atoms with Gasteiger partial charge in [0.2, 0.25) is 0 Å². The second kappa shape index (κ2) is 7.24. The van der Waals surface area contributed by atoms with Crippen LogP contribution in [0.15, 0.2) is 48.5 Å². The fourth-order valence-corrected chi connectivity index (χ4v) is 3.15. The molecule has 0 aromatic heterocycles. The molecule has 0 saturated heterocycles. The Morgan fingerprint density at radius 2 is 1.79 bits per heavy atom. The zero-order valence-corrected chi connectivity index (χ0v) is 14.1. The van der Waals surface area contributed by atoms with Crippen LogP contribution in [0.2, 0.25) is 5.02 Å². The van der Waals surface area contributed by atoms with Crippen LogP contribution in [0, 0.1) is 0 Å². The van der Waals surface area contributed by atoms with Gasteiger partial charge in [-0.3, -0.25) is 0 Å². The Hall–Kier alpha value is -2.04. The minimum absolute atomic E-state index is 0.244.